The molecule has 3 aromatic rings. The maximum atomic E-state index is 13.4. The van der Waals surface area contributed by atoms with Crippen LogP contribution >= 0.6 is 11.3 Å². The molecule has 0 amide bonds. The lowest BCUT2D eigenvalue weighted by Gasteiger charge is -2.16. The van der Waals surface area contributed by atoms with Crippen LogP contribution in [0.15, 0.2) is 35.4 Å². The largest absolute Gasteiger partial charge is 0.293 e. The van der Waals surface area contributed by atoms with Crippen LogP contribution in [-0.4, -0.2) is 20.1 Å². The van der Waals surface area contributed by atoms with Crippen molar-refractivity contribution in [2.24, 2.45) is 12.5 Å². The molecular weight excluding hydrogens is 396 g/mol. The van der Waals surface area contributed by atoms with Gasteiger partial charge in [-0.2, -0.15) is 10.4 Å². The van der Waals surface area contributed by atoms with Gasteiger partial charge in [-0.05, 0) is 37.1 Å². The summed E-state index contributed by atoms with van der Waals surface area (Å²) in [5, 5.41) is 14.0. The van der Waals surface area contributed by atoms with Crippen LogP contribution in [0, 0.1) is 30.6 Å². The van der Waals surface area contributed by atoms with E-state index < -0.39 is 5.41 Å². The molecule has 3 rings (SSSR count). The first-order chi connectivity index (χ1) is 14.0. The summed E-state index contributed by atoms with van der Waals surface area (Å²) >= 11 is 1.15. The van der Waals surface area contributed by atoms with Crippen LogP contribution < -0.4 is 14.8 Å². The number of benzene rings is 1. The topological polar surface area (TPSA) is 80.7 Å². The summed E-state index contributed by atoms with van der Waals surface area (Å²) in [6.07, 6.45) is 5.20. The normalized spacial score (nSPS) is 13.3. The Bertz CT molecular complexity index is 1360. The first-order valence-corrected chi connectivity index (χ1v) is 10.3. The number of aromatic nitrogens is 3. The molecule has 0 unspecified atom stereocenters. The zero-order valence-corrected chi connectivity index (χ0v) is 18.8. The predicted molar refractivity (Wildman–Crippen MR) is 119 cm³/mol. The number of aryl methyl sites for hydroxylation is 2. The van der Waals surface area contributed by atoms with Gasteiger partial charge in [0.25, 0.3) is 5.56 Å². The van der Waals surface area contributed by atoms with Crippen LogP contribution in [0.25, 0.3) is 17.3 Å². The molecule has 0 saturated carbocycles. The third kappa shape index (κ3) is 3.91. The van der Waals surface area contributed by atoms with Crippen LogP contribution in [0.3, 0.4) is 0 Å². The van der Waals surface area contributed by atoms with Crippen molar-refractivity contribution in [3.05, 3.63) is 66.8 Å². The Kier molecular flexibility index (Phi) is 5.64. The molecule has 0 spiro atoms. The summed E-state index contributed by atoms with van der Waals surface area (Å²) in [4.78, 5) is 26.5. The summed E-state index contributed by atoms with van der Waals surface area (Å²) in [6.45, 7) is 9.20. The van der Waals surface area contributed by atoms with Crippen LogP contribution in [0.4, 0.5) is 0 Å². The summed E-state index contributed by atoms with van der Waals surface area (Å²) in [5.74, 6) is -0.293. The summed E-state index contributed by atoms with van der Waals surface area (Å²) in [7, 11) is 1.80. The third-order valence-corrected chi connectivity index (χ3v) is 5.99. The van der Waals surface area contributed by atoms with Crippen molar-refractivity contribution in [2.75, 3.05) is 0 Å². The van der Waals surface area contributed by atoms with E-state index in [-0.39, 0.29) is 16.9 Å². The van der Waals surface area contributed by atoms with Gasteiger partial charge < -0.3 is 0 Å². The predicted octanol–water partition coefficient (Wildman–Crippen LogP) is 2.37. The number of carbonyl (C=O) groups excluding carboxylic acids is 1. The fraction of sp³-hybridized carbons (Fsp3) is 0.304. The molecule has 6 nitrogen and oxygen atoms in total. The van der Waals surface area contributed by atoms with Gasteiger partial charge in [-0.15, -0.1) is 11.3 Å². The Hall–Kier alpha value is -3.24. The lowest BCUT2D eigenvalue weighted by atomic mass is 9.87. The Labute approximate surface area is 179 Å². The minimum Gasteiger partial charge on any atom is -0.293 e. The number of carbonyl (C=O) groups is 1. The van der Waals surface area contributed by atoms with Crippen molar-refractivity contribution in [1.29, 1.82) is 5.26 Å². The zero-order chi connectivity index (χ0) is 22.2. The molecule has 0 atom stereocenters. The second-order valence-corrected chi connectivity index (χ2v) is 9.32. The van der Waals surface area contributed by atoms with Gasteiger partial charge in [0.15, 0.2) is 5.78 Å². The molecule has 0 radical (unpaired) electrons. The first kappa shape index (κ1) is 21.5. The van der Waals surface area contributed by atoms with E-state index in [4.69, 9.17) is 0 Å². The summed E-state index contributed by atoms with van der Waals surface area (Å²) < 4.78 is 3.94. The molecule has 1 aromatic carbocycles. The van der Waals surface area contributed by atoms with E-state index in [1.807, 2.05) is 32.0 Å². The molecule has 2 aromatic heterocycles. The molecule has 0 N–H and O–H groups in total. The second-order valence-electron chi connectivity index (χ2n) is 8.29. The van der Waals surface area contributed by atoms with Crippen LogP contribution in [0.1, 0.15) is 37.5 Å². The van der Waals surface area contributed by atoms with Crippen LogP contribution in [0.5, 0.6) is 0 Å². The van der Waals surface area contributed by atoms with Crippen LogP contribution in [-0.2, 0) is 11.8 Å². The van der Waals surface area contributed by atoms with Crippen molar-refractivity contribution < 1.29 is 4.79 Å². The molecule has 0 aliphatic rings. The van der Waals surface area contributed by atoms with E-state index in [9.17, 15) is 14.9 Å². The van der Waals surface area contributed by atoms with Gasteiger partial charge in [0.2, 0.25) is 0 Å². The lowest BCUT2D eigenvalue weighted by Crippen LogP contribution is -2.33. The van der Waals surface area contributed by atoms with Crippen molar-refractivity contribution in [3.63, 3.8) is 0 Å². The zero-order valence-electron chi connectivity index (χ0n) is 18.0. The minimum absolute atomic E-state index is 0.00339. The number of nitrogens with zero attached hydrogens (tertiary/aromatic N) is 4. The molecule has 7 heteroatoms. The maximum Gasteiger partial charge on any atom is 0.273 e. The fourth-order valence-corrected chi connectivity index (χ4v) is 4.18. The average molecular weight is 421 g/mol. The minimum atomic E-state index is -0.745. The average Bonchev–Trinajstić information content (AvgIpc) is 3.21. The monoisotopic (exact) mass is 420 g/mol. The van der Waals surface area contributed by atoms with Crippen LogP contribution in [0.2, 0.25) is 0 Å². The van der Waals surface area contributed by atoms with E-state index in [0.717, 1.165) is 28.0 Å². The highest BCUT2D eigenvalue weighted by molar-refractivity contribution is 7.07. The molecule has 154 valence electrons. The van der Waals surface area contributed by atoms with E-state index >= 15 is 0 Å². The molecule has 0 saturated heterocycles. The maximum absolute atomic E-state index is 13.4. The number of ketones is 1. The van der Waals surface area contributed by atoms with Gasteiger partial charge in [-0.3, -0.25) is 18.8 Å². The number of nitriles is 1. The SMILES string of the molecule is Cc1cccc(-n2c(=O)/c(=C\c3cnn(C)c3)s/c2=C(/C#N)C(=O)C(C)(C)C)c1C. The quantitative estimate of drug-likeness (QED) is 0.652. The van der Waals surface area contributed by atoms with E-state index in [0.29, 0.717) is 14.9 Å². The highest BCUT2D eigenvalue weighted by Crippen LogP contribution is 2.20. The van der Waals surface area contributed by atoms with E-state index in [1.54, 1.807) is 51.0 Å². The number of hydrogen-bond donors (Lipinski definition) is 0. The number of hydrogen-bond acceptors (Lipinski definition) is 5. The lowest BCUT2D eigenvalue weighted by molar-refractivity contribution is -0.120. The van der Waals surface area contributed by atoms with Crippen molar-refractivity contribution >= 4 is 28.8 Å². The summed E-state index contributed by atoms with van der Waals surface area (Å²) in [6, 6.07) is 7.74. The Morgan fingerprint density at radius 1 is 1.27 bits per heavy atom. The highest BCUT2D eigenvalue weighted by atomic mass is 32.1. The Morgan fingerprint density at radius 3 is 2.53 bits per heavy atom. The van der Waals surface area contributed by atoms with E-state index in [1.165, 1.54) is 4.57 Å². The van der Waals surface area contributed by atoms with Gasteiger partial charge in [0, 0.05) is 24.2 Å². The van der Waals surface area contributed by atoms with Gasteiger partial charge in [-0.25, -0.2) is 0 Å². The smallest absolute Gasteiger partial charge is 0.273 e. The fourth-order valence-electron chi connectivity index (χ4n) is 3.08. The van der Waals surface area contributed by atoms with Crippen molar-refractivity contribution in [2.45, 2.75) is 34.6 Å². The molecule has 0 bridgehead atoms. The summed E-state index contributed by atoms with van der Waals surface area (Å²) in [5.41, 5.74) is 2.38. The molecule has 2 heterocycles. The number of Topliss-reactive ketones (excluding diaryl/α,β-unsaturated/α-hetero) is 1. The van der Waals surface area contributed by atoms with E-state index in [2.05, 4.69) is 11.2 Å². The van der Waals surface area contributed by atoms with Crippen molar-refractivity contribution in [3.8, 4) is 11.8 Å². The Balaban J connectivity index is 2.49. The molecule has 30 heavy (non-hydrogen) atoms. The first-order valence-electron chi connectivity index (χ1n) is 9.52. The molecule has 0 aliphatic heterocycles. The number of thiazole rings is 1. The van der Waals surface area contributed by atoms with Gasteiger partial charge in [0.1, 0.15) is 16.3 Å². The third-order valence-electron chi connectivity index (χ3n) is 4.90. The molecular formula is C23H24N4O2S. The molecule has 0 fully saturated rings. The Morgan fingerprint density at radius 2 is 1.97 bits per heavy atom. The second kappa shape index (κ2) is 7.88. The highest BCUT2D eigenvalue weighted by Gasteiger charge is 2.27. The van der Waals surface area contributed by atoms with Crippen molar-refractivity contribution in [1.82, 2.24) is 14.3 Å². The van der Waals surface area contributed by atoms with Gasteiger partial charge in [-0.1, -0.05) is 32.9 Å². The van der Waals surface area contributed by atoms with Gasteiger partial charge in [0.05, 0.1) is 16.4 Å². The van der Waals surface area contributed by atoms with Gasteiger partial charge >= 0.3 is 0 Å². The molecule has 0 aliphatic carbocycles. The number of rotatable bonds is 3. The standard InChI is InChI=1S/C23H24N4O2S/c1-14-8-7-9-18(15(14)2)27-21(29)19(10-16-12-25-26(6)13-16)30-22(27)17(11-24)20(28)23(3,4)5/h7-10,12-13H,1-6H3/b19-10+,22-17-.